The number of esters is 1. The van der Waals surface area contributed by atoms with Crippen LogP contribution in [0.2, 0.25) is 0 Å². The van der Waals surface area contributed by atoms with Gasteiger partial charge in [0.15, 0.2) is 0 Å². The Hall–Kier alpha value is -0.460. The summed E-state index contributed by atoms with van der Waals surface area (Å²) in [4.78, 5) is 10.5. The normalized spacial score (nSPS) is 10.5. The number of hydrogen-bond donors (Lipinski definition) is 0. The number of hydrogen-bond acceptors (Lipinski definition) is 5. The molecule has 1 aromatic rings. The number of carbonyl (C=O) groups is 1. The molecular weight excluding hydrogens is 285 g/mol. The van der Waals surface area contributed by atoms with Gasteiger partial charge in [0.05, 0.1) is 17.3 Å². The van der Waals surface area contributed by atoms with Crippen molar-refractivity contribution in [3.63, 3.8) is 0 Å². The smallest absolute Gasteiger partial charge is 0.302 e. The van der Waals surface area contributed by atoms with Crippen LogP contribution in [-0.2, 0) is 27.2 Å². The Morgan fingerprint density at radius 2 is 2.29 bits per heavy atom. The molecule has 0 atom stereocenters. The summed E-state index contributed by atoms with van der Waals surface area (Å²) in [5.41, 5.74) is 1.66. The van der Waals surface area contributed by atoms with Gasteiger partial charge < -0.3 is 4.74 Å². The minimum Gasteiger partial charge on any atom is -0.465 e. The number of aromatic nitrogens is 3. The number of ether oxygens (including phenoxy) is 1. The van der Waals surface area contributed by atoms with E-state index in [4.69, 9.17) is 27.9 Å². The van der Waals surface area contributed by atoms with Gasteiger partial charge in [-0.05, 0) is 0 Å². The molecule has 0 fully saturated rings. The molecule has 0 aliphatic rings. The van der Waals surface area contributed by atoms with Crippen LogP contribution in [0.15, 0.2) is 0 Å². The number of thioether (sulfide) groups is 1. The van der Waals surface area contributed by atoms with Gasteiger partial charge in [-0.1, -0.05) is 5.21 Å². The predicted octanol–water partition coefficient (Wildman–Crippen LogP) is 2.01. The topological polar surface area (TPSA) is 57.0 Å². The maximum absolute atomic E-state index is 10.5. The third kappa shape index (κ3) is 4.73. The SMILES string of the molecule is CC(=O)OCCSCc1nnn(CCl)c1CCl. The van der Waals surface area contributed by atoms with Crippen LogP contribution in [-0.4, -0.2) is 33.3 Å². The quantitative estimate of drug-likeness (QED) is 0.438. The Morgan fingerprint density at radius 1 is 1.53 bits per heavy atom. The van der Waals surface area contributed by atoms with Crippen molar-refractivity contribution in [3.8, 4) is 0 Å². The summed E-state index contributed by atoms with van der Waals surface area (Å²) in [6.45, 7) is 1.79. The van der Waals surface area contributed by atoms with Gasteiger partial charge in [0, 0.05) is 18.4 Å². The first-order chi connectivity index (χ1) is 8.19. The minimum atomic E-state index is -0.264. The molecule has 0 aliphatic heterocycles. The van der Waals surface area contributed by atoms with Crippen LogP contribution < -0.4 is 0 Å². The molecule has 1 rings (SSSR count). The zero-order valence-electron chi connectivity index (χ0n) is 9.36. The number of nitrogens with zero attached hydrogens (tertiary/aromatic N) is 3. The summed E-state index contributed by atoms with van der Waals surface area (Å²) >= 11 is 13.1. The molecule has 0 saturated heterocycles. The second-order valence-corrected chi connectivity index (χ2v) is 4.74. The number of carbonyl (C=O) groups excluding carboxylic acids is 1. The summed E-state index contributed by atoms with van der Waals surface area (Å²) in [6, 6.07) is 0.243. The summed E-state index contributed by atoms with van der Waals surface area (Å²) in [6.07, 6.45) is 0. The van der Waals surface area contributed by atoms with Crippen LogP contribution in [0.25, 0.3) is 0 Å². The van der Waals surface area contributed by atoms with Crippen molar-refractivity contribution in [3.05, 3.63) is 11.4 Å². The van der Waals surface area contributed by atoms with Gasteiger partial charge in [-0.3, -0.25) is 4.79 Å². The van der Waals surface area contributed by atoms with Crippen LogP contribution in [0, 0.1) is 0 Å². The standard InChI is InChI=1S/C9H13Cl2N3O2S/c1-7(15)16-2-3-17-5-8-9(4-10)14(6-11)13-12-8/h2-6H2,1H3. The predicted molar refractivity (Wildman–Crippen MR) is 68.2 cm³/mol. The Balaban J connectivity index is 2.36. The highest BCUT2D eigenvalue weighted by Gasteiger charge is 2.10. The monoisotopic (exact) mass is 297 g/mol. The van der Waals surface area contributed by atoms with Gasteiger partial charge in [-0.25, -0.2) is 4.68 Å². The lowest BCUT2D eigenvalue weighted by molar-refractivity contribution is -0.140. The van der Waals surface area contributed by atoms with Gasteiger partial charge in [-0.2, -0.15) is 11.8 Å². The zero-order valence-corrected chi connectivity index (χ0v) is 11.7. The van der Waals surface area contributed by atoms with Crippen molar-refractivity contribution in [2.24, 2.45) is 0 Å². The lowest BCUT2D eigenvalue weighted by atomic mass is 10.4. The van der Waals surface area contributed by atoms with E-state index in [0.29, 0.717) is 18.2 Å². The van der Waals surface area contributed by atoms with E-state index in [1.807, 2.05) is 0 Å². The Kier molecular flexibility index (Phi) is 6.69. The van der Waals surface area contributed by atoms with E-state index < -0.39 is 0 Å². The van der Waals surface area contributed by atoms with E-state index in [2.05, 4.69) is 10.3 Å². The highest BCUT2D eigenvalue weighted by Crippen LogP contribution is 2.16. The zero-order chi connectivity index (χ0) is 12.7. The van der Waals surface area contributed by atoms with Crippen LogP contribution in [0.4, 0.5) is 0 Å². The fourth-order valence-corrected chi connectivity index (χ4v) is 2.38. The van der Waals surface area contributed by atoms with Gasteiger partial charge in [0.2, 0.25) is 0 Å². The molecule has 0 spiro atoms. The molecule has 17 heavy (non-hydrogen) atoms. The van der Waals surface area contributed by atoms with Gasteiger partial charge in [-0.15, -0.1) is 28.3 Å². The molecule has 0 aromatic carbocycles. The van der Waals surface area contributed by atoms with Crippen LogP contribution >= 0.6 is 35.0 Å². The van der Waals surface area contributed by atoms with E-state index in [1.165, 1.54) is 6.92 Å². The van der Waals surface area contributed by atoms with Crippen LogP contribution in [0.3, 0.4) is 0 Å². The molecule has 0 N–H and O–H groups in total. The molecule has 0 unspecified atom stereocenters. The van der Waals surface area contributed by atoms with Crippen molar-refractivity contribution >= 4 is 40.9 Å². The Bertz CT molecular complexity index is 373. The van der Waals surface area contributed by atoms with E-state index in [0.717, 1.165) is 17.1 Å². The first-order valence-electron chi connectivity index (χ1n) is 4.93. The lowest BCUT2D eigenvalue weighted by Gasteiger charge is -2.02. The highest BCUT2D eigenvalue weighted by atomic mass is 35.5. The Morgan fingerprint density at radius 3 is 2.88 bits per heavy atom. The second-order valence-electron chi connectivity index (χ2n) is 3.13. The minimum absolute atomic E-state index is 0.243. The van der Waals surface area contributed by atoms with E-state index >= 15 is 0 Å². The summed E-state index contributed by atoms with van der Waals surface area (Å²) < 4.78 is 6.38. The van der Waals surface area contributed by atoms with Crippen molar-refractivity contribution in [1.29, 1.82) is 0 Å². The molecule has 1 heterocycles. The molecule has 0 amide bonds. The maximum Gasteiger partial charge on any atom is 0.302 e. The molecule has 5 nitrogen and oxygen atoms in total. The van der Waals surface area contributed by atoms with Crippen LogP contribution in [0.1, 0.15) is 18.3 Å². The lowest BCUT2D eigenvalue weighted by Crippen LogP contribution is -2.03. The van der Waals surface area contributed by atoms with Gasteiger partial charge in [0.25, 0.3) is 0 Å². The summed E-state index contributed by atoms with van der Waals surface area (Å²) in [7, 11) is 0. The van der Waals surface area contributed by atoms with Crippen LogP contribution in [0.5, 0.6) is 0 Å². The van der Waals surface area contributed by atoms with Gasteiger partial charge in [0.1, 0.15) is 12.6 Å². The van der Waals surface area contributed by atoms with Gasteiger partial charge >= 0.3 is 5.97 Å². The molecule has 0 saturated carbocycles. The third-order valence-corrected chi connectivity index (χ3v) is 3.34. The number of rotatable bonds is 7. The summed E-state index contributed by atoms with van der Waals surface area (Å²) in [5, 5.41) is 7.89. The average molecular weight is 298 g/mol. The Labute approximate surface area is 114 Å². The van der Waals surface area contributed by atoms with E-state index in [-0.39, 0.29) is 12.0 Å². The third-order valence-electron chi connectivity index (χ3n) is 1.93. The van der Waals surface area contributed by atoms with Crippen molar-refractivity contribution in [2.75, 3.05) is 12.4 Å². The van der Waals surface area contributed by atoms with Crippen molar-refractivity contribution in [2.45, 2.75) is 24.6 Å². The first-order valence-corrected chi connectivity index (χ1v) is 7.15. The highest BCUT2D eigenvalue weighted by molar-refractivity contribution is 7.98. The van der Waals surface area contributed by atoms with E-state index in [9.17, 15) is 4.79 Å². The molecule has 0 aliphatic carbocycles. The maximum atomic E-state index is 10.5. The molecule has 1 aromatic heterocycles. The first kappa shape index (κ1) is 14.6. The molecule has 0 bridgehead atoms. The van der Waals surface area contributed by atoms with Crippen molar-refractivity contribution < 1.29 is 9.53 Å². The largest absolute Gasteiger partial charge is 0.465 e. The molecule has 96 valence electrons. The number of alkyl halides is 2. The second kappa shape index (κ2) is 7.79. The summed E-state index contributed by atoms with van der Waals surface area (Å²) in [5.74, 6) is 1.47. The fraction of sp³-hybridized carbons (Fsp3) is 0.667. The molecular formula is C9H13Cl2N3O2S. The molecule has 0 radical (unpaired) electrons. The van der Waals surface area contributed by atoms with E-state index in [1.54, 1.807) is 16.4 Å². The average Bonchev–Trinajstić information content (AvgIpc) is 2.70. The van der Waals surface area contributed by atoms with Crippen molar-refractivity contribution in [1.82, 2.24) is 15.0 Å². The number of halogens is 2. The molecule has 8 heteroatoms. The fourth-order valence-electron chi connectivity index (χ4n) is 1.14.